The lowest BCUT2D eigenvalue weighted by atomic mass is 10.2. The molecule has 16 heteroatoms. The summed E-state index contributed by atoms with van der Waals surface area (Å²) in [5, 5.41) is 0. The van der Waals surface area contributed by atoms with E-state index in [1.54, 1.807) is 72.8 Å². The van der Waals surface area contributed by atoms with Crippen molar-refractivity contribution in [1.29, 1.82) is 0 Å². The summed E-state index contributed by atoms with van der Waals surface area (Å²) in [5.41, 5.74) is 3.65. The molecular weight excluding hydrogens is 793 g/mol. The second-order valence-corrected chi connectivity index (χ2v) is 22.1. The number of rotatable bonds is 21. The summed E-state index contributed by atoms with van der Waals surface area (Å²) in [5.74, 6) is 0. The van der Waals surface area contributed by atoms with E-state index in [1.807, 2.05) is 27.7 Å². The number of benzene rings is 4. The van der Waals surface area contributed by atoms with Gasteiger partial charge in [-0.05, 0) is 102 Å². The van der Waals surface area contributed by atoms with Crippen molar-refractivity contribution in [2.24, 2.45) is 0 Å². The molecule has 4 rings (SSSR count). The lowest BCUT2D eigenvalue weighted by Gasteiger charge is -2.26. The van der Waals surface area contributed by atoms with E-state index in [2.05, 4.69) is 0 Å². The minimum absolute atomic E-state index is 0.0388. The highest BCUT2D eigenvalue weighted by atomic mass is 32.2. The van der Waals surface area contributed by atoms with Crippen LogP contribution >= 0.6 is 0 Å². The summed E-state index contributed by atoms with van der Waals surface area (Å²) in [6.45, 7) is 7.82. The Kier molecular flexibility index (Phi) is 15.6. The average Bonchev–Trinajstić information content (AvgIpc) is 3.15. The van der Waals surface area contributed by atoms with Crippen LogP contribution in [0.1, 0.15) is 47.9 Å². The van der Waals surface area contributed by atoms with Gasteiger partial charge < -0.3 is 0 Å². The van der Waals surface area contributed by atoms with Crippen LogP contribution in [0.4, 0.5) is 0 Å². The zero-order valence-corrected chi connectivity index (χ0v) is 36.3. The Morgan fingerprint density at radius 2 is 0.536 bits per heavy atom. The lowest BCUT2D eigenvalue weighted by molar-refractivity contribution is 0.347. The molecule has 0 N–H and O–H groups in total. The van der Waals surface area contributed by atoms with E-state index in [1.165, 1.54) is 55.6 Å². The maximum Gasteiger partial charge on any atom is 0.243 e. The maximum atomic E-state index is 13.9. The minimum atomic E-state index is -3.98. The fraction of sp³-hybridized carbons (Fsp3) is 0.400. The van der Waals surface area contributed by atoms with Crippen LogP contribution in [0.15, 0.2) is 117 Å². The van der Waals surface area contributed by atoms with Gasteiger partial charge in [0.25, 0.3) is 0 Å². The zero-order valence-electron chi connectivity index (χ0n) is 33.0. The molecule has 0 radical (unpaired) electrons. The highest BCUT2D eigenvalue weighted by Gasteiger charge is 2.28. The molecule has 4 aromatic rings. The predicted octanol–water partition coefficient (Wildman–Crippen LogP) is 5.80. The van der Waals surface area contributed by atoms with E-state index in [-0.39, 0.29) is 71.7 Å². The van der Waals surface area contributed by atoms with Gasteiger partial charge in [0.05, 0.1) is 19.6 Å². The second-order valence-electron chi connectivity index (χ2n) is 14.1. The van der Waals surface area contributed by atoms with Crippen molar-refractivity contribution in [3.63, 3.8) is 0 Å². The Morgan fingerprint density at radius 1 is 0.321 bits per heavy atom. The largest absolute Gasteiger partial charge is 0.243 e. The van der Waals surface area contributed by atoms with Crippen LogP contribution in [0.5, 0.6) is 0 Å². The summed E-state index contributed by atoms with van der Waals surface area (Å²) < 4.78 is 113. The van der Waals surface area contributed by atoms with E-state index in [0.717, 1.165) is 22.3 Å². The standard InChI is InChI=1S/C40H54N4O8S4/c1-33-11-19-37(20-12-33)53(45,46)41(5)27-9-31-43(55(49,50)39-23-15-35(3)16-24-39)29-7-8-30-44(56(51,52)40-25-17-36(4)18-26-40)32-10-28-42(6)54(47,48)38-21-13-34(2)14-22-38/h11-26H,7-10,27-32H2,1-6H3. The molecule has 0 aliphatic heterocycles. The third kappa shape index (κ3) is 11.6. The monoisotopic (exact) mass is 846 g/mol. The predicted molar refractivity (Wildman–Crippen MR) is 220 cm³/mol. The smallest absolute Gasteiger partial charge is 0.207 e. The molecule has 4 aromatic carbocycles. The Bertz CT molecular complexity index is 2170. The molecule has 0 bridgehead atoms. The third-order valence-electron chi connectivity index (χ3n) is 9.60. The first-order valence-corrected chi connectivity index (χ1v) is 24.2. The van der Waals surface area contributed by atoms with Crippen molar-refractivity contribution < 1.29 is 33.7 Å². The van der Waals surface area contributed by atoms with Crippen LogP contribution in [-0.4, -0.2) is 104 Å². The van der Waals surface area contributed by atoms with Crippen molar-refractivity contribution in [2.75, 3.05) is 53.4 Å². The first-order valence-electron chi connectivity index (χ1n) is 18.5. The SMILES string of the molecule is Cc1ccc(S(=O)(=O)N(C)CCCN(CCCCN(CCCN(C)S(=O)(=O)c2ccc(C)cc2)S(=O)(=O)c2ccc(C)cc2)S(=O)(=O)c2ccc(C)cc2)cc1. The molecule has 0 aromatic heterocycles. The molecule has 0 aliphatic rings. The van der Waals surface area contributed by atoms with Crippen LogP contribution in [0.3, 0.4) is 0 Å². The second kappa shape index (κ2) is 19.3. The lowest BCUT2D eigenvalue weighted by Crippen LogP contribution is -2.37. The summed E-state index contributed by atoms with van der Waals surface area (Å²) in [7, 11) is -12.6. The first kappa shape index (κ1) is 45.2. The van der Waals surface area contributed by atoms with Crippen LogP contribution in [0.2, 0.25) is 0 Å². The molecule has 0 amide bonds. The van der Waals surface area contributed by atoms with Crippen molar-refractivity contribution in [1.82, 2.24) is 17.2 Å². The van der Waals surface area contributed by atoms with Gasteiger partial charge in [-0.3, -0.25) is 0 Å². The maximum absolute atomic E-state index is 13.9. The van der Waals surface area contributed by atoms with E-state index in [0.29, 0.717) is 12.8 Å². The zero-order chi connectivity index (χ0) is 41.3. The summed E-state index contributed by atoms with van der Waals surface area (Å²) in [6, 6.07) is 26.1. The first-order chi connectivity index (χ1) is 26.3. The van der Waals surface area contributed by atoms with Crippen molar-refractivity contribution in [2.45, 2.75) is 73.0 Å². The molecule has 0 atom stereocenters. The third-order valence-corrected chi connectivity index (χ3v) is 17.2. The molecule has 12 nitrogen and oxygen atoms in total. The van der Waals surface area contributed by atoms with E-state index in [9.17, 15) is 33.7 Å². The molecule has 0 unspecified atom stereocenters. The van der Waals surface area contributed by atoms with Gasteiger partial charge in [-0.1, -0.05) is 70.8 Å². The van der Waals surface area contributed by atoms with Crippen molar-refractivity contribution in [3.8, 4) is 0 Å². The highest BCUT2D eigenvalue weighted by molar-refractivity contribution is 7.90. The number of hydrogen-bond donors (Lipinski definition) is 0. The van der Waals surface area contributed by atoms with Gasteiger partial charge >= 0.3 is 0 Å². The fourth-order valence-corrected chi connectivity index (χ4v) is 11.4. The molecule has 0 spiro atoms. The highest BCUT2D eigenvalue weighted by Crippen LogP contribution is 2.22. The van der Waals surface area contributed by atoms with Gasteiger partial charge in [-0.15, -0.1) is 0 Å². The number of unbranched alkanes of at least 4 members (excludes halogenated alkanes) is 1. The molecule has 0 aliphatic carbocycles. The molecule has 0 fully saturated rings. The van der Waals surface area contributed by atoms with E-state index in [4.69, 9.17) is 0 Å². The molecule has 0 heterocycles. The molecule has 0 saturated heterocycles. The molecule has 0 saturated carbocycles. The fourth-order valence-electron chi connectivity index (χ4n) is 5.96. The summed E-state index contributed by atoms with van der Waals surface area (Å²) in [6.07, 6.45) is 1.06. The quantitative estimate of drug-likeness (QED) is 0.0956. The van der Waals surface area contributed by atoms with Crippen LogP contribution in [0.25, 0.3) is 0 Å². The Hall–Kier alpha value is -3.48. The number of nitrogens with zero attached hydrogens (tertiary/aromatic N) is 4. The number of sulfonamides is 4. The number of aryl methyl sites for hydroxylation is 4. The molecule has 306 valence electrons. The van der Waals surface area contributed by atoms with E-state index < -0.39 is 40.1 Å². The van der Waals surface area contributed by atoms with Crippen LogP contribution in [0, 0.1) is 27.7 Å². The minimum Gasteiger partial charge on any atom is -0.207 e. The van der Waals surface area contributed by atoms with Crippen LogP contribution < -0.4 is 0 Å². The molecule has 56 heavy (non-hydrogen) atoms. The topological polar surface area (TPSA) is 150 Å². The number of hydrogen-bond acceptors (Lipinski definition) is 8. The summed E-state index contributed by atoms with van der Waals surface area (Å²) >= 11 is 0. The van der Waals surface area contributed by atoms with Gasteiger partial charge in [-0.2, -0.15) is 8.61 Å². The van der Waals surface area contributed by atoms with Crippen molar-refractivity contribution in [3.05, 3.63) is 119 Å². The van der Waals surface area contributed by atoms with Crippen LogP contribution in [-0.2, 0) is 40.1 Å². The van der Waals surface area contributed by atoms with Gasteiger partial charge in [0.15, 0.2) is 0 Å². The van der Waals surface area contributed by atoms with Gasteiger partial charge in [0.2, 0.25) is 40.1 Å². The van der Waals surface area contributed by atoms with Gasteiger partial charge in [0.1, 0.15) is 0 Å². The Labute approximate surface area is 335 Å². The normalized spacial score (nSPS) is 13.0. The molecular formula is C40H54N4O8S4. The summed E-state index contributed by atoms with van der Waals surface area (Å²) in [4.78, 5) is 0.521. The Balaban J connectivity index is 1.47. The van der Waals surface area contributed by atoms with Gasteiger partial charge in [-0.25, -0.2) is 42.3 Å². The van der Waals surface area contributed by atoms with Crippen molar-refractivity contribution >= 4 is 40.1 Å². The van der Waals surface area contributed by atoms with E-state index >= 15 is 0 Å². The average molecular weight is 847 g/mol. The Morgan fingerprint density at radius 3 is 0.786 bits per heavy atom. The van der Waals surface area contributed by atoms with Gasteiger partial charge in [0, 0.05) is 53.4 Å².